The molecule has 0 fully saturated rings. The van der Waals surface area contributed by atoms with Crippen LogP contribution in [-0.2, 0) is 22.0 Å². The molecule has 0 radical (unpaired) electrons. The van der Waals surface area contributed by atoms with Crippen LogP contribution in [0.5, 0.6) is 5.75 Å². The standard InChI is InChI=1S/C37H34FN5O3S2/c1-43(22-25-10-12-27(38)13-11-25)23-28(46-35-15-14-29(20-26(35)21-39)48(44,45)42-36-40-24-41-47-36)16-18-37-19-17-30(31-6-2-4-8-33(31)37)32-7-3-5-9-34(32)37/h2-15,20,24,28,30H,16-19,22-23H2,1H3,(H,40,41,42). The van der Waals surface area contributed by atoms with Gasteiger partial charge in [-0.05, 0) is 90.9 Å². The maximum atomic E-state index is 13.6. The van der Waals surface area contributed by atoms with Crippen molar-refractivity contribution < 1.29 is 17.5 Å². The SMILES string of the molecule is CN(Cc1ccc(F)cc1)CC(CCC12CCC(c3ccccc31)c1ccccc12)Oc1ccc(S(=O)(=O)Nc2ncns2)cc1C#N. The van der Waals surface area contributed by atoms with Gasteiger partial charge in [0.1, 0.15) is 30.1 Å². The zero-order chi connectivity index (χ0) is 33.3. The first-order chi connectivity index (χ1) is 23.3. The Morgan fingerprint density at radius 3 is 2.44 bits per heavy atom. The number of sulfonamides is 1. The molecule has 2 bridgehead atoms. The maximum absolute atomic E-state index is 13.6. The van der Waals surface area contributed by atoms with E-state index < -0.39 is 10.0 Å². The molecule has 11 heteroatoms. The van der Waals surface area contributed by atoms with Crippen molar-refractivity contribution in [3.8, 4) is 11.8 Å². The Bertz CT molecular complexity index is 2030. The fraction of sp³-hybridized carbons (Fsp3) is 0.270. The first-order valence-corrected chi connectivity index (χ1v) is 18.1. The Balaban J connectivity index is 1.18. The number of fused-ring (bicyclic) bond motifs is 1. The molecule has 3 aliphatic carbocycles. The lowest BCUT2D eigenvalue weighted by molar-refractivity contribution is 0.125. The maximum Gasteiger partial charge on any atom is 0.263 e. The monoisotopic (exact) mass is 679 g/mol. The first kappa shape index (κ1) is 31.9. The molecule has 4 aromatic carbocycles. The van der Waals surface area contributed by atoms with Crippen molar-refractivity contribution in [1.82, 2.24) is 14.3 Å². The summed E-state index contributed by atoms with van der Waals surface area (Å²) in [5.74, 6) is 0.443. The van der Waals surface area contributed by atoms with Crippen molar-refractivity contribution in [1.29, 1.82) is 5.26 Å². The van der Waals surface area contributed by atoms with Crippen LogP contribution in [0.4, 0.5) is 9.52 Å². The minimum Gasteiger partial charge on any atom is -0.488 e. The van der Waals surface area contributed by atoms with E-state index >= 15 is 0 Å². The average Bonchev–Trinajstić information content (AvgIpc) is 3.61. The third-order valence-corrected chi connectivity index (χ3v) is 11.6. The summed E-state index contributed by atoms with van der Waals surface area (Å²) in [7, 11) is -2.00. The van der Waals surface area contributed by atoms with Gasteiger partial charge in [0.05, 0.1) is 10.5 Å². The molecule has 0 saturated carbocycles. The number of likely N-dealkylation sites (N-methyl/N-ethyl adjacent to an activating group) is 1. The number of hydrogen-bond donors (Lipinski definition) is 1. The van der Waals surface area contributed by atoms with Gasteiger partial charge in [0.25, 0.3) is 10.0 Å². The molecule has 1 heterocycles. The smallest absolute Gasteiger partial charge is 0.263 e. The largest absolute Gasteiger partial charge is 0.488 e. The predicted molar refractivity (Wildman–Crippen MR) is 183 cm³/mol. The Labute approximate surface area is 284 Å². The highest BCUT2D eigenvalue weighted by molar-refractivity contribution is 7.93. The number of halogens is 1. The molecule has 1 aromatic heterocycles. The molecule has 0 aliphatic heterocycles. The zero-order valence-corrected chi connectivity index (χ0v) is 28.0. The fourth-order valence-electron chi connectivity index (χ4n) is 7.50. The van der Waals surface area contributed by atoms with Crippen LogP contribution in [0.2, 0.25) is 0 Å². The summed E-state index contributed by atoms with van der Waals surface area (Å²) in [6.07, 6.45) is 4.58. The molecule has 244 valence electrons. The van der Waals surface area contributed by atoms with E-state index in [9.17, 15) is 18.1 Å². The van der Waals surface area contributed by atoms with Crippen LogP contribution in [0.3, 0.4) is 0 Å². The van der Waals surface area contributed by atoms with Gasteiger partial charge in [0.15, 0.2) is 0 Å². The van der Waals surface area contributed by atoms with Crippen molar-refractivity contribution in [2.75, 3.05) is 18.3 Å². The van der Waals surface area contributed by atoms with E-state index in [2.05, 4.69) is 73.6 Å². The van der Waals surface area contributed by atoms with Crippen molar-refractivity contribution in [2.24, 2.45) is 0 Å². The number of rotatable bonds is 12. The highest BCUT2D eigenvalue weighted by Crippen LogP contribution is 2.58. The lowest BCUT2D eigenvalue weighted by Gasteiger charge is -2.50. The van der Waals surface area contributed by atoms with Gasteiger partial charge >= 0.3 is 0 Å². The molecule has 1 N–H and O–H groups in total. The van der Waals surface area contributed by atoms with Gasteiger partial charge < -0.3 is 4.74 Å². The van der Waals surface area contributed by atoms with E-state index in [4.69, 9.17) is 4.74 Å². The van der Waals surface area contributed by atoms with E-state index in [0.717, 1.165) is 36.4 Å². The van der Waals surface area contributed by atoms with E-state index in [1.54, 1.807) is 18.2 Å². The van der Waals surface area contributed by atoms with Crippen LogP contribution >= 0.6 is 11.5 Å². The van der Waals surface area contributed by atoms with E-state index in [-0.39, 0.29) is 32.9 Å². The van der Waals surface area contributed by atoms with Crippen LogP contribution in [0.25, 0.3) is 0 Å². The molecule has 1 unspecified atom stereocenters. The second kappa shape index (κ2) is 13.1. The van der Waals surface area contributed by atoms with Crippen molar-refractivity contribution in [3.63, 3.8) is 0 Å². The predicted octanol–water partition coefficient (Wildman–Crippen LogP) is 7.23. The van der Waals surface area contributed by atoms with Gasteiger partial charge in [-0.3, -0.25) is 9.62 Å². The summed E-state index contributed by atoms with van der Waals surface area (Å²) in [5, 5.41) is 10.2. The van der Waals surface area contributed by atoms with Gasteiger partial charge in [-0.25, -0.2) is 17.8 Å². The van der Waals surface area contributed by atoms with E-state index in [0.29, 0.717) is 31.2 Å². The molecule has 5 aromatic rings. The number of hydrogen-bond acceptors (Lipinski definition) is 8. The van der Waals surface area contributed by atoms with Crippen molar-refractivity contribution >= 4 is 26.7 Å². The van der Waals surface area contributed by atoms with Gasteiger partial charge in [-0.2, -0.15) is 9.64 Å². The van der Waals surface area contributed by atoms with Crippen LogP contribution in [0.15, 0.2) is 102 Å². The van der Waals surface area contributed by atoms with E-state index in [1.165, 1.54) is 52.8 Å². The van der Waals surface area contributed by atoms with Crippen LogP contribution in [0.1, 0.15) is 65.0 Å². The fourth-order valence-corrected chi connectivity index (χ4v) is 9.19. The van der Waals surface area contributed by atoms with Gasteiger partial charge in [-0.15, -0.1) is 0 Å². The Morgan fingerprint density at radius 2 is 1.77 bits per heavy atom. The number of nitrogens with one attached hydrogen (secondary N) is 1. The third-order valence-electron chi connectivity index (χ3n) is 9.60. The molecule has 0 saturated heterocycles. The molecule has 3 aliphatic rings. The number of nitrogens with zero attached hydrogens (tertiary/aromatic N) is 4. The number of ether oxygens (including phenoxy) is 1. The Kier molecular flexibility index (Phi) is 8.73. The van der Waals surface area contributed by atoms with Crippen LogP contribution in [0, 0.1) is 17.1 Å². The summed E-state index contributed by atoms with van der Waals surface area (Å²) >= 11 is 0.921. The first-order valence-electron chi connectivity index (χ1n) is 15.9. The summed E-state index contributed by atoms with van der Waals surface area (Å²) in [6, 6.07) is 30.5. The lowest BCUT2D eigenvalue weighted by Crippen LogP contribution is -2.42. The lowest BCUT2D eigenvalue weighted by atomic mass is 9.54. The number of benzene rings is 4. The van der Waals surface area contributed by atoms with Crippen LogP contribution in [-0.4, -0.2) is 42.4 Å². The zero-order valence-electron chi connectivity index (χ0n) is 26.3. The topological polar surface area (TPSA) is 108 Å². The van der Waals surface area contributed by atoms with Crippen LogP contribution < -0.4 is 9.46 Å². The summed E-state index contributed by atoms with van der Waals surface area (Å²) in [4.78, 5) is 5.95. The number of nitriles is 1. The summed E-state index contributed by atoms with van der Waals surface area (Å²) in [6.45, 7) is 1.11. The molecule has 0 amide bonds. The Morgan fingerprint density at radius 1 is 1.06 bits per heavy atom. The van der Waals surface area contributed by atoms with Crippen molar-refractivity contribution in [2.45, 2.75) is 54.6 Å². The average molecular weight is 680 g/mol. The normalized spacial score (nSPS) is 18.5. The van der Waals surface area contributed by atoms with Crippen molar-refractivity contribution in [3.05, 3.63) is 137 Å². The minimum atomic E-state index is -3.99. The molecular formula is C37H34FN5O3S2. The molecule has 48 heavy (non-hydrogen) atoms. The highest BCUT2D eigenvalue weighted by atomic mass is 32.2. The quantitative estimate of drug-likeness (QED) is 0.148. The van der Waals surface area contributed by atoms with E-state index in [1.807, 2.05) is 7.05 Å². The Hall–Kier alpha value is -4.63. The molecule has 1 atom stereocenters. The molecule has 8 rings (SSSR count). The molecule has 0 spiro atoms. The minimum absolute atomic E-state index is 0.0716. The van der Waals surface area contributed by atoms with Gasteiger partial charge in [0.2, 0.25) is 5.13 Å². The summed E-state index contributed by atoms with van der Waals surface area (Å²) < 4.78 is 52.6. The van der Waals surface area contributed by atoms with Gasteiger partial charge in [-0.1, -0.05) is 60.7 Å². The number of aromatic nitrogens is 2. The second-order valence-electron chi connectivity index (χ2n) is 12.6. The highest BCUT2D eigenvalue weighted by Gasteiger charge is 2.47. The van der Waals surface area contributed by atoms with Gasteiger partial charge in [0, 0.05) is 36.0 Å². The molecule has 8 nitrogen and oxygen atoms in total. The number of anilines is 1. The summed E-state index contributed by atoms with van der Waals surface area (Å²) in [5.41, 5.74) is 6.50. The molecular weight excluding hydrogens is 646 g/mol. The second-order valence-corrected chi connectivity index (χ2v) is 15.0. The third kappa shape index (κ3) is 6.19.